The molecule has 16 heavy (non-hydrogen) atoms. The fourth-order valence-electron chi connectivity index (χ4n) is 3.18. The number of ether oxygens (including phenoxy) is 1. The number of hydrogen-bond donors (Lipinski definition) is 1. The van der Waals surface area contributed by atoms with E-state index >= 15 is 0 Å². The molecule has 0 saturated carbocycles. The molecule has 0 aliphatic carbocycles. The van der Waals surface area contributed by atoms with Crippen LogP contribution in [0.4, 0.5) is 0 Å². The summed E-state index contributed by atoms with van der Waals surface area (Å²) in [6.07, 6.45) is 3.28. The second-order valence-corrected chi connectivity index (χ2v) is 5.28. The third kappa shape index (κ3) is 1.84. The lowest BCUT2D eigenvalue weighted by atomic mass is 9.88. The maximum Gasteiger partial charge on any atom is 0.239 e. The van der Waals surface area contributed by atoms with Crippen LogP contribution in [-0.2, 0) is 9.53 Å². The van der Waals surface area contributed by atoms with Gasteiger partial charge in [0, 0.05) is 25.6 Å². The zero-order valence-electron chi connectivity index (χ0n) is 9.65. The number of carbonyl (C=O) groups is 1. The van der Waals surface area contributed by atoms with Crippen LogP contribution in [0.3, 0.4) is 0 Å². The normalized spacial score (nSPS) is 38.8. The lowest BCUT2D eigenvalue weighted by Gasteiger charge is -2.35. The summed E-state index contributed by atoms with van der Waals surface area (Å²) in [6.45, 7) is 4.61. The Morgan fingerprint density at radius 3 is 2.94 bits per heavy atom. The van der Waals surface area contributed by atoms with Crippen LogP contribution in [0.5, 0.6) is 0 Å². The highest BCUT2D eigenvalue weighted by Crippen LogP contribution is 2.29. The maximum atomic E-state index is 12.2. The first-order chi connectivity index (χ1) is 7.84. The van der Waals surface area contributed by atoms with Crippen molar-refractivity contribution in [1.29, 1.82) is 0 Å². The van der Waals surface area contributed by atoms with Crippen molar-refractivity contribution in [3.63, 3.8) is 0 Å². The third-order valence-electron chi connectivity index (χ3n) is 4.23. The minimum Gasteiger partial charge on any atom is -0.381 e. The van der Waals surface area contributed by atoms with Crippen LogP contribution in [-0.4, -0.2) is 49.7 Å². The molecular formula is C12H20N2O2. The Morgan fingerprint density at radius 1 is 1.25 bits per heavy atom. The number of likely N-dealkylation sites (tertiary alicyclic amines) is 1. The molecule has 0 spiro atoms. The Bertz CT molecular complexity index is 276. The highest BCUT2D eigenvalue weighted by atomic mass is 16.5. The zero-order chi connectivity index (χ0) is 11.0. The summed E-state index contributed by atoms with van der Waals surface area (Å²) in [4.78, 5) is 14.3. The highest BCUT2D eigenvalue weighted by Gasteiger charge is 2.37. The number of fused-ring (bicyclic) bond motifs is 1. The maximum absolute atomic E-state index is 12.2. The van der Waals surface area contributed by atoms with Crippen molar-refractivity contribution in [2.24, 2.45) is 11.8 Å². The zero-order valence-corrected chi connectivity index (χ0v) is 9.65. The van der Waals surface area contributed by atoms with Crippen molar-refractivity contribution in [3.8, 4) is 0 Å². The van der Waals surface area contributed by atoms with Gasteiger partial charge in [-0.2, -0.15) is 0 Å². The van der Waals surface area contributed by atoms with E-state index in [9.17, 15) is 4.79 Å². The van der Waals surface area contributed by atoms with Crippen molar-refractivity contribution in [2.75, 3.05) is 32.8 Å². The number of amides is 1. The molecular weight excluding hydrogens is 204 g/mol. The molecule has 1 N–H and O–H groups in total. The van der Waals surface area contributed by atoms with E-state index in [1.165, 1.54) is 0 Å². The first-order valence-corrected chi connectivity index (χ1v) is 6.44. The topological polar surface area (TPSA) is 41.6 Å². The predicted molar refractivity (Wildman–Crippen MR) is 60.0 cm³/mol. The summed E-state index contributed by atoms with van der Waals surface area (Å²) < 4.78 is 5.49. The van der Waals surface area contributed by atoms with Crippen molar-refractivity contribution in [1.82, 2.24) is 10.2 Å². The molecule has 3 fully saturated rings. The summed E-state index contributed by atoms with van der Waals surface area (Å²) in [6, 6.07) is 0.0962. The number of rotatable bonds is 1. The van der Waals surface area contributed by atoms with E-state index in [1.54, 1.807) is 0 Å². The lowest BCUT2D eigenvalue weighted by Crippen LogP contribution is -2.49. The number of nitrogens with one attached hydrogen (secondary N) is 1. The van der Waals surface area contributed by atoms with Crippen molar-refractivity contribution >= 4 is 5.91 Å². The Kier molecular flexibility index (Phi) is 2.86. The SMILES string of the molecule is O=C([C@@H]1CCCN1)N1CC[C@@H]2COC[C@H]2C1. The van der Waals surface area contributed by atoms with E-state index in [-0.39, 0.29) is 6.04 Å². The van der Waals surface area contributed by atoms with E-state index < -0.39 is 0 Å². The van der Waals surface area contributed by atoms with Gasteiger partial charge >= 0.3 is 0 Å². The van der Waals surface area contributed by atoms with Crippen molar-refractivity contribution in [2.45, 2.75) is 25.3 Å². The van der Waals surface area contributed by atoms with Crippen LogP contribution in [0.1, 0.15) is 19.3 Å². The first-order valence-electron chi connectivity index (χ1n) is 6.44. The molecule has 3 aliphatic heterocycles. The summed E-state index contributed by atoms with van der Waals surface area (Å²) in [5.74, 6) is 1.63. The van der Waals surface area contributed by atoms with Gasteiger partial charge in [0.05, 0.1) is 12.6 Å². The number of hydrogen-bond acceptors (Lipinski definition) is 3. The van der Waals surface area contributed by atoms with Crippen LogP contribution in [0.25, 0.3) is 0 Å². The van der Waals surface area contributed by atoms with Gasteiger partial charge < -0.3 is 15.0 Å². The molecule has 3 rings (SSSR count). The largest absolute Gasteiger partial charge is 0.381 e. The summed E-state index contributed by atoms with van der Waals surface area (Å²) in [5.41, 5.74) is 0. The van der Waals surface area contributed by atoms with Crippen LogP contribution < -0.4 is 5.32 Å². The quantitative estimate of drug-likeness (QED) is 0.693. The van der Waals surface area contributed by atoms with Crippen LogP contribution in [0.15, 0.2) is 0 Å². The Morgan fingerprint density at radius 2 is 2.12 bits per heavy atom. The van der Waals surface area contributed by atoms with Gasteiger partial charge in [0.2, 0.25) is 5.91 Å². The van der Waals surface area contributed by atoms with Gasteiger partial charge in [0.1, 0.15) is 0 Å². The summed E-state index contributed by atoms with van der Waals surface area (Å²) >= 11 is 0. The smallest absolute Gasteiger partial charge is 0.239 e. The van der Waals surface area contributed by atoms with Gasteiger partial charge in [-0.15, -0.1) is 0 Å². The van der Waals surface area contributed by atoms with Gasteiger partial charge in [-0.3, -0.25) is 4.79 Å². The third-order valence-corrected chi connectivity index (χ3v) is 4.23. The van der Waals surface area contributed by atoms with Crippen LogP contribution in [0, 0.1) is 11.8 Å². The molecule has 0 aromatic rings. The van der Waals surface area contributed by atoms with Gasteiger partial charge in [-0.25, -0.2) is 0 Å². The molecule has 3 heterocycles. The second kappa shape index (κ2) is 4.34. The summed E-state index contributed by atoms with van der Waals surface area (Å²) in [5, 5.41) is 3.29. The fourth-order valence-corrected chi connectivity index (χ4v) is 3.18. The molecule has 4 nitrogen and oxygen atoms in total. The molecule has 0 radical (unpaired) electrons. The average Bonchev–Trinajstić information content (AvgIpc) is 2.98. The minimum absolute atomic E-state index is 0.0962. The Balaban J connectivity index is 1.60. The standard InChI is InChI=1S/C12H20N2O2/c15-12(11-2-1-4-13-11)14-5-3-9-7-16-8-10(9)6-14/h9-11,13H,1-8H2/t9-,10-,11+/m1/s1. The molecule has 0 aromatic carbocycles. The monoisotopic (exact) mass is 224 g/mol. The van der Waals surface area contributed by atoms with Crippen molar-refractivity contribution in [3.05, 3.63) is 0 Å². The molecule has 0 aromatic heterocycles. The van der Waals surface area contributed by atoms with Crippen molar-refractivity contribution < 1.29 is 9.53 Å². The van der Waals surface area contributed by atoms with E-state index in [1.807, 2.05) is 0 Å². The van der Waals surface area contributed by atoms with E-state index in [4.69, 9.17) is 4.74 Å². The van der Waals surface area contributed by atoms with Gasteiger partial charge in [0.25, 0.3) is 0 Å². The van der Waals surface area contributed by atoms with E-state index in [0.29, 0.717) is 17.7 Å². The molecule has 0 unspecified atom stereocenters. The van der Waals surface area contributed by atoms with Gasteiger partial charge in [0.15, 0.2) is 0 Å². The fraction of sp³-hybridized carbons (Fsp3) is 0.917. The number of carbonyl (C=O) groups excluding carboxylic acids is 1. The van der Waals surface area contributed by atoms with E-state index in [2.05, 4.69) is 10.2 Å². The summed E-state index contributed by atoms with van der Waals surface area (Å²) in [7, 11) is 0. The van der Waals surface area contributed by atoms with Gasteiger partial charge in [-0.05, 0) is 31.7 Å². The molecule has 1 amide bonds. The lowest BCUT2D eigenvalue weighted by molar-refractivity contribution is -0.135. The van der Waals surface area contributed by atoms with E-state index in [0.717, 1.165) is 52.1 Å². The molecule has 90 valence electrons. The molecule has 3 aliphatic rings. The van der Waals surface area contributed by atoms with Crippen LogP contribution in [0.2, 0.25) is 0 Å². The number of nitrogens with zero attached hydrogens (tertiary/aromatic N) is 1. The average molecular weight is 224 g/mol. The number of piperidine rings is 1. The van der Waals surface area contributed by atoms with Gasteiger partial charge in [-0.1, -0.05) is 0 Å². The Labute approximate surface area is 96.3 Å². The highest BCUT2D eigenvalue weighted by molar-refractivity contribution is 5.82. The first kappa shape index (κ1) is 10.5. The minimum atomic E-state index is 0.0962. The predicted octanol–water partition coefficient (Wildman–Crippen LogP) is 0.233. The molecule has 0 bridgehead atoms. The van der Waals surface area contributed by atoms with Crippen LogP contribution >= 0.6 is 0 Å². The second-order valence-electron chi connectivity index (χ2n) is 5.28. The molecule has 4 heteroatoms. The molecule has 3 atom stereocenters. The molecule has 3 saturated heterocycles. The Hall–Kier alpha value is -0.610.